The van der Waals surface area contributed by atoms with Crippen LogP contribution in [0.25, 0.3) is 17.0 Å². The summed E-state index contributed by atoms with van der Waals surface area (Å²) in [4.78, 5) is 6.34. The van der Waals surface area contributed by atoms with Crippen LogP contribution in [-0.4, -0.2) is 41.2 Å². The maximum Gasteiger partial charge on any atom is 0.416 e. The lowest BCUT2D eigenvalue weighted by Gasteiger charge is -2.14. The molecular formula is C26H30F3N5O2. The van der Waals surface area contributed by atoms with Gasteiger partial charge in [-0.3, -0.25) is 5.41 Å². The van der Waals surface area contributed by atoms with E-state index in [0.717, 1.165) is 36.2 Å². The fourth-order valence-electron chi connectivity index (χ4n) is 3.70. The van der Waals surface area contributed by atoms with E-state index in [0.29, 0.717) is 24.9 Å². The summed E-state index contributed by atoms with van der Waals surface area (Å²) in [5, 5.41) is 11.6. The topological polar surface area (TPSA) is 101 Å². The molecule has 0 aliphatic carbocycles. The second-order valence-electron chi connectivity index (χ2n) is 8.45. The Morgan fingerprint density at radius 2 is 1.86 bits per heavy atom. The minimum atomic E-state index is -4.26. The number of ether oxygens (including phenoxy) is 1. The Kier molecular flexibility index (Phi) is 8.87. The van der Waals surface area contributed by atoms with Gasteiger partial charge in [0.1, 0.15) is 0 Å². The predicted molar refractivity (Wildman–Crippen MR) is 132 cm³/mol. The molecule has 2 heterocycles. The van der Waals surface area contributed by atoms with Crippen LogP contribution in [-0.2, 0) is 17.5 Å². The normalized spacial score (nSPS) is 16.0. The number of likely N-dealkylation sites (tertiary alicyclic amines) is 1. The lowest BCUT2D eigenvalue weighted by Crippen LogP contribution is -2.34. The van der Waals surface area contributed by atoms with Gasteiger partial charge in [0.25, 0.3) is 0 Å². The molecule has 7 nitrogen and oxygen atoms in total. The Hall–Kier alpha value is -3.66. The zero-order valence-electron chi connectivity index (χ0n) is 20.5. The Bertz CT molecular complexity index is 1170. The van der Waals surface area contributed by atoms with E-state index >= 15 is 0 Å². The van der Waals surface area contributed by atoms with Crippen molar-refractivity contribution in [2.24, 2.45) is 5.73 Å². The zero-order valence-corrected chi connectivity index (χ0v) is 20.5. The van der Waals surface area contributed by atoms with Crippen molar-refractivity contribution in [3.05, 3.63) is 77.2 Å². The Labute approximate surface area is 208 Å². The monoisotopic (exact) mass is 501 g/mol. The van der Waals surface area contributed by atoms with Crippen LogP contribution in [0.3, 0.4) is 0 Å². The summed E-state index contributed by atoms with van der Waals surface area (Å²) in [5.74, 6) is 1.47. The average molecular weight is 502 g/mol. The van der Waals surface area contributed by atoms with E-state index in [9.17, 15) is 13.2 Å². The Morgan fingerprint density at radius 1 is 1.19 bits per heavy atom. The fourth-order valence-corrected chi connectivity index (χ4v) is 3.70. The number of nitrogens with two attached hydrogens (primary N) is 1. The molecule has 1 fully saturated rings. The lowest BCUT2D eigenvalue weighted by molar-refractivity contribution is -0.137. The highest BCUT2D eigenvalue weighted by atomic mass is 19.4. The van der Waals surface area contributed by atoms with E-state index in [4.69, 9.17) is 20.4 Å². The number of guanidine groups is 1. The average Bonchev–Trinajstić information content (AvgIpc) is 3.54. The first-order valence-electron chi connectivity index (χ1n) is 11.4. The van der Waals surface area contributed by atoms with Crippen molar-refractivity contribution in [1.82, 2.24) is 15.0 Å². The van der Waals surface area contributed by atoms with Gasteiger partial charge in [0, 0.05) is 25.8 Å². The van der Waals surface area contributed by atoms with E-state index in [2.05, 4.69) is 35.3 Å². The van der Waals surface area contributed by atoms with Gasteiger partial charge in [0.2, 0.25) is 11.7 Å². The second-order valence-corrected chi connectivity index (χ2v) is 8.45. The number of aromatic nitrogens is 2. The van der Waals surface area contributed by atoms with Crippen LogP contribution in [0.2, 0.25) is 0 Å². The third-order valence-corrected chi connectivity index (χ3v) is 5.94. The molecule has 36 heavy (non-hydrogen) atoms. The first-order chi connectivity index (χ1) is 17.1. The first kappa shape index (κ1) is 26.9. The SMILES string of the molecule is C/C=C(\C)c1ccc(-c2noc(C3CCN(C(=N)N)C3)n2)cc1.COCc1ccc(C(F)(F)F)cc1. The molecule has 3 aromatic rings. The van der Waals surface area contributed by atoms with Crippen LogP contribution < -0.4 is 5.73 Å². The minimum Gasteiger partial charge on any atom is -0.380 e. The molecule has 1 atom stereocenters. The van der Waals surface area contributed by atoms with Gasteiger partial charge in [-0.05, 0) is 49.1 Å². The first-order valence-corrected chi connectivity index (χ1v) is 11.4. The van der Waals surface area contributed by atoms with Crippen molar-refractivity contribution in [3.63, 3.8) is 0 Å². The number of methoxy groups -OCH3 is 1. The molecule has 1 aromatic heterocycles. The van der Waals surface area contributed by atoms with Gasteiger partial charge in [-0.25, -0.2) is 0 Å². The third-order valence-electron chi connectivity index (χ3n) is 5.94. The number of allylic oxidation sites excluding steroid dienone is 2. The number of hydrogen-bond donors (Lipinski definition) is 2. The minimum absolute atomic E-state index is 0.0992. The second kappa shape index (κ2) is 11.9. The molecule has 1 unspecified atom stereocenters. The number of nitrogens with one attached hydrogen (secondary N) is 1. The van der Waals surface area contributed by atoms with E-state index in [-0.39, 0.29) is 11.9 Å². The van der Waals surface area contributed by atoms with Gasteiger partial charge < -0.3 is 19.9 Å². The van der Waals surface area contributed by atoms with Crippen molar-refractivity contribution < 1.29 is 22.4 Å². The molecule has 0 spiro atoms. The Balaban J connectivity index is 0.000000236. The molecular weight excluding hydrogens is 471 g/mol. The molecule has 2 aromatic carbocycles. The summed E-state index contributed by atoms with van der Waals surface area (Å²) < 4.78 is 46.4. The van der Waals surface area contributed by atoms with Gasteiger partial charge in [-0.2, -0.15) is 18.2 Å². The molecule has 0 amide bonds. The summed E-state index contributed by atoms with van der Waals surface area (Å²) in [6.45, 7) is 5.87. The number of rotatable bonds is 5. The largest absolute Gasteiger partial charge is 0.416 e. The molecule has 0 bridgehead atoms. The highest BCUT2D eigenvalue weighted by molar-refractivity contribution is 5.75. The van der Waals surface area contributed by atoms with E-state index < -0.39 is 11.7 Å². The smallest absolute Gasteiger partial charge is 0.380 e. The summed E-state index contributed by atoms with van der Waals surface area (Å²) in [6.07, 6.45) is -1.30. The zero-order chi connectivity index (χ0) is 26.3. The van der Waals surface area contributed by atoms with E-state index in [1.54, 1.807) is 0 Å². The Morgan fingerprint density at radius 3 is 2.39 bits per heavy atom. The number of halogens is 3. The molecule has 0 radical (unpaired) electrons. The van der Waals surface area contributed by atoms with Crippen LogP contribution in [0, 0.1) is 5.41 Å². The maximum atomic E-state index is 12.1. The molecule has 3 N–H and O–H groups in total. The molecule has 1 aliphatic heterocycles. The van der Waals surface area contributed by atoms with Gasteiger partial charge >= 0.3 is 6.18 Å². The van der Waals surface area contributed by atoms with Gasteiger partial charge in [0.05, 0.1) is 18.1 Å². The van der Waals surface area contributed by atoms with Crippen molar-refractivity contribution >= 4 is 11.5 Å². The molecule has 1 aliphatic rings. The highest BCUT2D eigenvalue weighted by Crippen LogP contribution is 2.29. The number of alkyl halides is 3. The van der Waals surface area contributed by atoms with Crippen LogP contribution in [0.4, 0.5) is 13.2 Å². The lowest BCUT2D eigenvalue weighted by atomic mass is 10.1. The standard InChI is InChI=1S/C17H21N5O.C9H9F3O/c1-3-11(2)12-4-6-13(7-5-12)15-20-16(23-21-15)14-8-9-22(10-14)17(18)19;1-13-6-7-2-4-8(5-3-7)9(10,11)12/h3-7,14H,8-10H2,1-2H3,(H3,18,19);2-5H,6H2,1H3/b11-3+;. The summed E-state index contributed by atoms with van der Waals surface area (Å²) in [5.41, 5.74) is 8.99. The maximum absolute atomic E-state index is 12.1. The molecule has 10 heteroatoms. The van der Waals surface area contributed by atoms with Crippen LogP contribution in [0.5, 0.6) is 0 Å². The van der Waals surface area contributed by atoms with Crippen LogP contribution in [0.1, 0.15) is 48.8 Å². The van der Waals surface area contributed by atoms with Gasteiger partial charge in [0.15, 0.2) is 5.96 Å². The molecule has 192 valence electrons. The summed E-state index contributed by atoms with van der Waals surface area (Å²) in [7, 11) is 1.50. The van der Waals surface area contributed by atoms with Crippen LogP contribution in [0.15, 0.2) is 59.1 Å². The van der Waals surface area contributed by atoms with Crippen molar-refractivity contribution in [1.29, 1.82) is 5.41 Å². The molecule has 0 saturated carbocycles. The third kappa shape index (κ3) is 6.94. The summed E-state index contributed by atoms with van der Waals surface area (Å²) >= 11 is 0. The van der Waals surface area contributed by atoms with E-state index in [1.165, 1.54) is 30.4 Å². The van der Waals surface area contributed by atoms with E-state index in [1.807, 2.05) is 24.0 Å². The number of benzene rings is 2. The summed E-state index contributed by atoms with van der Waals surface area (Å²) in [6, 6.07) is 13.1. The van der Waals surface area contributed by atoms with Crippen molar-refractivity contribution in [2.45, 2.75) is 39.0 Å². The van der Waals surface area contributed by atoms with Crippen molar-refractivity contribution in [3.8, 4) is 11.4 Å². The molecule has 4 rings (SSSR count). The predicted octanol–water partition coefficient (Wildman–Crippen LogP) is 5.69. The number of nitrogens with zero attached hydrogens (tertiary/aromatic N) is 3. The highest BCUT2D eigenvalue weighted by Gasteiger charge is 2.30. The van der Waals surface area contributed by atoms with Crippen LogP contribution >= 0.6 is 0 Å². The van der Waals surface area contributed by atoms with Gasteiger partial charge in [-0.1, -0.05) is 47.6 Å². The van der Waals surface area contributed by atoms with Crippen molar-refractivity contribution in [2.75, 3.05) is 20.2 Å². The number of hydrogen-bond acceptors (Lipinski definition) is 5. The fraction of sp³-hybridized carbons (Fsp3) is 0.346. The quantitative estimate of drug-likeness (QED) is 0.344. The van der Waals surface area contributed by atoms with Gasteiger partial charge in [-0.15, -0.1) is 0 Å². The molecule has 1 saturated heterocycles.